The van der Waals surface area contributed by atoms with Crippen molar-refractivity contribution in [1.82, 2.24) is 58.6 Å². The van der Waals surface area contributed by atoms with Gasteiger partial charge in [-0.15, -0.1) is 11.3 Å². The smallest absolute Gasteiger partial charge is 0.238 e. The average Bonchev–Trinajstić information content (AvgIpc) is 1.56. The lowest BCUT2D eigenvalue weighted by atomic mass is 10.00. The van der Waals surface area contributed by atoms with Gasteiger partial charge in [0.2, 0.25) is 5.95 Å². The van der Waals surface area contributed by atoms with Crippen molar-refractivity contribution in [2.24, 2.45) is 0 Å². The fraction of sp³-hybridized carbons (Fsp3) is 0. The van der Waals surface area contributed by atoms with Gasteiger partial charge < -0.3 is 9.13 Å². The molecule has 0 saturated heterocycles. The molecule has 0 spiro atoms. The molecular formula is C137H86N12S. The van der Waals surface area contributed by atoms with E-state index in [9.17, 15) is 0 Å². The summed E-state index contributed by atoms with van der Waals surface area (Å²) in [7, 11) is 0. The highest BCUT2D eigenvalue weighted by atomic mass is 32.1. The molecule has 0 bridgehead atoms. The summed E-state index contributed by atoms with van der Waals surface area (Å²) < 4.78 is 9.57. The number of thiophene rings is 1. The maximum absolute atomic E-state index is 5.20. The third-order valence-electron chi connectivity index (χ3n) is 28.9. The Hall–Kier alpha value is -20.0. The zero-order chi connectivity index (χ0) is 99.1. The van der Waals surface area contributed by atoms with E-state index < -0.39 is 0 Å². The number of para-hydroxylation sites is 1. The van der Waals surface area contributed by atoms with E-state index in [0.29, 0.717) is 52.5 Å². The minimum atomic E-state index is 0.587. The molecule has 0 aliphatic heterocycles. The highest BCUT2D eigenvalue weighted by molar-refractivity contribution is 7.26. The summed E-state index contributed by atoms with van der Waals surface area (Å²) in [6.07, 6.45) is 0. The predicted molar refractivity (Wildman–Crippen MR) is 623 cm³/mol. The van der Waals surface area contributed by atoms with Gasteiger partial charge in [-0.05, 0) is 160 Å². The Labute approximate surface area is 866 Å². The number of fused-ring (bicyclic) bond motifs is 21. The first kappa shape index (κ1) is 87.8. The van der Waals surface area contributed by atoms with Gasteiger partial charge in [-0.2, -0.15) is 9.97 Å². The lowest BCUT2D eigenvalue weighted by Gasteiger charge is -2.12. The monoisotopic (exact) mass is 1930 g/mol. The third kappa shape index (κ3) is 15.8. The van der Waals surface area contributed by atoms with E-state index in [1.807, 2.05) is 90.2 Å². The Bertz CT molecular complexity index is 10400. The molecule has 700 valence electrons. The maximum atomic E-state index is 5.20. The SMILES string of the molecule is c1ccc(-c2ccc(-c3nc(-c4ccccc4)nc(-n4c5ccccc5c5ccc(-c6cccc7c6sc6ccccc67)cc54)n3)cc2)cc1.c1ccc(-c2cccc(-c3nc(-c4ccccc4)nc(-c4cccc(-n5c6ccc7ccccc7c6c6c7ccccc7ccc65)c4)n3)c2)cc1.c1ccc(-c2nc(-c3cccc(-n4c5ccc6ccccc6c5c5c6ccccc6ccc54)c3)nc(-c3cccc4ccccc34)n2)cc1. The van der Waals surface area contributed by atoms with Crippen LogP contribution < -0.4 is 0 Å². The van der Waals surface area contributed by atoms with Crippen LogP contribution in [0.5, 0.6) is 0 Å². The molecule has 0 unspecified atom stereocenters. The molecule has 0 aliphatic carbocycles. The second kappa shape index (κ2) is 37.3. The molecule has 30 rings (SSSR count). The summed E-state index contributed by atoms with van der Waals surface area (Å²) in [5.41, 5.74) is 23.4. The highest BCUT2D eigenvalue weighted by Crippen LogP contribution is 2.48. The molecule has 13 heteroatoms. The molecule has 0 aliphatic rings. The van der Waals surface area contributed by atoms with Crippen LogP contribution in [-0.4, -0.2) is 58.6 Å². The Balaban J connectivity index is 0.000000108. The van der Waals surface area contributed by atoms with Crippen LogP contribution in [0, 0.1) is 0 Å². The Morgan fingerprint density at radius 3 is 0.927 bits per heavy atom. The van der Waals surface area contributed by atoms with Gasteiger partial charge in [0.25, 0.3) is 0 Å². The minimum Gasteiger partial charge on any atom is -0.309 e. The molecule has 0 N–H and O–H groups in total. The van der Waals surface area contributed by atoms with Crippen molar-refractivity contribution in [1.29, 1.82) is 0 Å². The molecule has 12 nitrogen and oxygen atoms in total. The molecule has 7 aromatic heterocycles. The normalized spacial score (nSPS) is 11.6. The summed E-state index contributed by atoms with van der Waals surface area (Å²) in [6.45, 7) is 0. The van der Waals surface area contributed by atoms with Gasteiger partial charge in [0, 0.05) is 108 Å². The number of benzene rings is 23. The van der Waals surface area contributed by atoms with Gasteiger partial charge >= 0.3 is 0 Å². The van der Waals surface area contributed by atoms with Crippen LogP contribution in [0.3, 0.4) is 0 Å². The summed E-state index contributed by atoms with van der Waals surface area (Å²) in [5.74, 6) is 5.69. The van der Waals surface area contributed by atoms with Crippen molar-refractivity contribution < 1.29 is 0 Å². The van der Waals surface area contributed by atoms with E-state index in [2.05, 4.69) is 457 Å². The second-order valence-corrected chi connectivity index (χ2v) is 38.8. The van der Waals surface area contributed by atoms with Crippen LogP contribution in [0.25, 0.3) is 281 Å². The number of rotatable bonds is 14. The molecular weight excluding hydrogens is 1850 g/mol. The van der Waals surface area contributed by atoms with E-state index in [0.717, 1.165) is 122 Å². The van der Waals surface area contributed by atoms with E-state index >= 15 is 0 Å². The number of aromatic nitrogens is 12. The minimum absolute atomic E-state index is 0.587. The van der Waals surface area contributed by atoms with Crippen LogP contribution in [0.1, 0.15) is 0 Å². The van der Waals surface area contributed by atoms with Crippen LogP contribution in [0.15, 0.2) is 522 Å². The van der Waals surface area contributed by atoms with Crippen molar-refractivity contribution in [2.45, 2.75) is 0 Å². The van der Waals surface area contributed by atoms with Gasteiger partial charge in [0.05, 0.1) is 33.1 Å². The highest BCUT2D eigenvalue weighted by Gasteiger charge is 2.26. The predicted octanol–water partition coefficient (Wildman–Crippen LogP) is 35.4. The Kier molecular flexibility index (Phi) is 21.8. The van der Waals surface area contributed by atoms with E-state index in [4.69, 9.17) is 44.9 Å². The van der Waals surface area contributed by atoms with Crippen molar-refractivity contribution in [3.05, 3.63) is 522 Å². The molecule has 0 amide bonds. The maximum Gasteiger partial charge on any atom is 0.238 e. The zero-order valence-corrected chi connectivity index (χ0v) is 81.7. The second-order valence-electron chi connectivity index (χ2n) is 37.8. The molecule has 0 saturated carbocycles. The zero-order valence-electron chi connectivity index (χ0n) is 80.9. The number of hydrogen-bond donors (Lipinski definition) is 0. The van der Waals surface area contributed by atoms with Crippen LogP contribution in [-0.2, 0) is 0 Å². The van der Waals surface area contributed by atoms with Crippen molar-refractivity contribution in [3.63, 3.8) is 0 Å². The molecule has 0 fully saturated rings. The largest absolute Gasteiger partial charge is 0.309 e. The summed E-state index contributed by atoms with van der Waals surface area (Å²) in [5, 5.41) is 22.1. The van der Waals surface area contributed by atoms with Gasteiger partial charge in [-0.3, -0.25) is 4.57 Å². The summed E-state index contributed by atoms with van der Waals surface area (Å²) in [6, 6.07) is 183. The average molecular weight is 1930 g/mol. The first-order valence-corrected chi connectivity index (χ1v) is 51.3. The van der Waals surface area contributed by atoms with Gasteiger partial charge in [-0.25, -0.2) is 34.9 Å². The Morgan fingerprint density at radius 2 is 0.447 bits per heavy atom. The van der Waals surface area contributed by atoms with Gasteiger partial charge in [0.15, 0.2) is 46.6 Å². The fourth-order valence-electron chi connectivity index (χ4n) is 21.9. The number of nitrogens with zero attached hydrogens (tertiary/aromatic N) is 12. The van der Waals surface area contributed by atoms with E-state index in [1.165, 1.54) is 107 Å². The third-order valence-corrected chi connectivity index (χ3v) is 30.1. The van der Waals surface area contributed by atoms with Crippen LogP contribution >= 0.6 is 11.3 Å². The molecule has 0 radical (unpaired) electrons. The molecule has 30 aromatic rings. The first-order valence-electron chi connectivity index (χ1n) is 50.4. The first-order chi connectivity index (χ1) is 74.4. The molecule has 7 heterocycles. The molecule has 0 atom stereocenters. The quantitative estimate of drug-likeness (QED) is 0.104. The van der Waals surface area contributed by atoms with Gasteiger partial charge in [0.1, 0.15) is 0 Å². The topological polar surface area (TPSA) is 131 Å². The summed E-state index contributed by atoms with van der Waals surface area (Å²) in [4.78, 5) is 45.9. The van der Waals surface area contributed by atoms with Crippen molar-refractivity contribution in [2.75, 3.05) is 0 Å². The fourth-order valence-corrected chi connectivity index (χ4v) is 23.1. The molecule has 23 aromatic carbocycles. The number of hydrogen-bond acceptors (Lipinski definition) is 10. The summed E-state index contributed by atoms with van der Waals surface area (Å²) >= 11 is 1.85. The lowest BCUT2D eigenvalue weighted by molar-refractivity contribution is 0.953. The standard InChI is InChI=1S/C47H30N4.C45H28N4S.C45H28N4/c1-3-13-31(14-4-1)35-19-11-20-36(29-35)46-48-45(34-17-5-2-6-18-34)49-47(50-46)37-21-12-22-38(30-37)51-41-27-25-32-15-7-9-23-39(32)43(41)44-40-24-10-8-16-33(40)26-28-42(44)51;1-3-12-29(13-4-1)30-22-24-32(25-23-30)44-46-43(31-14-5-2-6-15-31)47-45(48-44)49-39-20-9-7-16-35(39)36-27-26-33(28-40(36)49)34-18-11-19-38-37-17-8-10-21-41(37)50-42(34)38;1-2-15-32(16-3-1)43-46-44(48-45(47-43)38-23-11-17-29-12-4-7-20-35(29)38)33-18-10-19-34(28-33)49-39-26-24-30-13-5-8-21-36(30)41(39)42-37-22-9-6-14-31(37)25-27-40(42)49/h1-30H;1-28H;1-28H. The van der Waals surface area contributed by atoms with Crippen LogP contribution in [0.4, 0.5) is 0 Å². The van der Waals surface area contributed by atoms with Crippen LogP contribution in [0.2, 0.25) is 0 Å². The molecule has 150 heavy (non-hydrogen) atoms. The van der Waals surface area contributed by atoms with E-state index in [1.54, 1.807) is 0 Å². The van der Waals surface area contributed by atoms with E-state index in [-0.39, 0.29) is 0 Å². The van der Waals surface area contributed by atoms with Crippen molar-refractivity contribution >= 4 is 151 Å². The lowest BCUT2D eigenvalue weighted by Crippen LogP contribution is -2.06. The Morgan fingerprint density at radius 1 is 0.147 bits per heavy atom. The van der Waals surface area contributed by atoms with Crippen molar-refractivity contribution in [3.8, 4) is 142 Å². The van der Waals surface area contributed by atoms with Gasteiger partial charge in [-0.1, -0.05) is 449 Å².